The van der Waals surface area contributed by atoms with E-state index in [1.165, 1.54) is 0 Å². The van der Waals surface area contributed by atoms with E-state index >= 15 is 0 Å². The van der Waals surface area contributed by atoms with E-state index in [9.17, 15) is 22.4 Å². The number of anilines is 1. The number of alkyl halides is 3. The van der Waals surface area contributed by atoms with Gasteiger partial charge < -0.3 is 19.7 Å². The Morgan fingerprint density at radius 1 is 1.38 bits per heavy atom. The molecule has 2 fully saturated rings. The van der Waals surface area contributed by atoms with Crippen LogP contribution in [0.15, 0.2) is 12.1 Å². The van der Waals surface area contributed by atoms with Crippen molar-refractivity contribution < 1.29 is 31.8 Å². The zero-order chi connectivity index (χ0) is 18.7. The second-order valence-corrected chi connectivity index (χ2v) is 7.61. The van der Waals surface area contributed by atoms with Gasteiger partial charge in [0.05, 0.1) is 10.6 Å². The first-order chi connectivity index (χ1) is 12.2. The Balaban J connectivity index is 1.67. The molecule has 0 aliphatic carbocycles. The minimum Gasteiger partial charge on any atom is -0.447 e. The highest BCUT2D eigenvalue weighted by molar-refractivity contribution is 7.23. The van der Waals surface area contributed by atoms with Crippen LogP contribution in [0.3, 0.4) is 0 Å². The number of carbonyl (C=O) groups excluding carboxylic acids is 1. The standard InChI is InChI=1S/C15H11ClF4N2O3S/c16-11-7-3-8(17)9(25-15(18,19)20)4-10(7)26-12(11)22-2-1-14(5-22)6-24-13(23)21-14/h3-4H,1-2,5-6H2,(H,21,23). The average Bonchev–Trinajstić information content (AvgIpc) is 3.19. The number of alkyl carbamates (subject to hydrolysis) is 1. The highest BCUT2D eigenvalue weighted by Gasteiger charge is 2.46. The highest BCUT2D eigenvalue weighted by Crippen LogP contribution is 2.46. The zero-order valence-electron chi connectivity index (χ0n) is 13.0. The summed E-state index contributed by atoms with van der Waals surface area (Å²) in [6.07, 6.45) is -4.83. The highest BCUT2D eigenvalue weighted by atomic mass is 35.5. The predicted octanol–water partition coefficient (Wildman–Crippen LogP) is 4.28. The smallest absolute Gasteiger partial charge is 0.447 e. The van der Waals surface area contributed by atoms with Crippen LogP contribution in [0.2, 0.25) is 5.02 Å². The Kier molecular flexibility index (Phi) is 3.88. The van der Waals surface area contributed by atoms with Crippen molar-refractivity contribution in [2.75, 3.05) is 24.6 Å². The van der Waals surface area contributed by atoms with Crippen molar-refractivity contribution in [3.8, 4) is 5.75 Å². The van der Waals surface area contributed by atoms with Crippen molar-refractivity contribution in [1.29, 1.82) is 0 Å². The van der Waals surface area contributed by atoms with Gasteiger partial charge in [0.1, 0.15) is 11.6 Å². The maximum atomic E-state index is 13.9. The maximum absolute atomic E-state index is 13.9. The van der Waals surface area contributed by atoms with Crippen LogP contribution in [0.1, 0.15) is 6.42 Å². The summed E-state index contributed by atoms with van der Waals surface area (Å²) >= 11 is 7.48. The minimum absolute atomic E-state index is 0.239. The summed E-state index contributed by atoms with van der Waals surface area (Å²) in [6.45, 7) is 1.26. The third kappa shape index (κ3) is 3.01. The molecule has 2 saturated heterocycles. The van der Waals surface area contributed by atoms with Gasteiger partial charge in [0.15, 0.2) is 11.6 Å². The van der Waals surface area contributed by atoms with Crippen LogP contribution in [0.25, 0.3) is 10.1 Å². The van der Waals surface area contributed by atoms with Crippen LogP contribution < -0.4 is 15.0 Å². The molecule has 0 saturated carbocycles. The van der Waals surface area contributed by atoms with E-state index in [1.54, 1.807) is 0 Å². The molecular formula is C15H11ClF4N2O3S. The zero-order valence-corrected chi connectivity index (χ0v) is 14.5. The maximum Gasteiger partial charge on any atom is 0.573 e. The Bertz CT molecular complexity index is 903. The molecule has 1 atom stereocenters. The molecule has 1 aromatic carbocycles. The van der Waals surface area contributed by atoms with E-state index in [4.69, 9.17) is 16.3 Å². The molecule has 1 unspecified atom stereocenters. The van der Waals surface area contributed by atoms with Crippen molar-refractivity contribution in [1.82, 2.24) is 5.32 Å². The van der Waals surface area contributed by atoms with E-state index in [2.05, 4.69) is 10.1 Å². The number of fused-ring (bicyclic) bond motifs is 1. The van der Waals surface area contributed by atoms with E-state index in [0.717, 1.165) is 23.5 Å². The van der Waals surface area contributed by atoms with Gasteiger partial charge in [-0.05, 0) is 12.5 Å². The van der Waals surface area contributed by atoms with Crippen molar-refractivity contribution in [3.63, 3.8) is 0 Å². The SMILES string of the molecule is O=C1NC2(CCN(c3sc4cc(OC(F)(F)F)c(F)cc4c3Cl)C2)CO1. The predicted molar refractivity (Wildman–Crippen MR) is 87.5 cm³/mol. The summed E-state index contributed by atoms with van der Waals surface area (Å²) in [5, 5.41) is 3.95. The summed E-state index contributed by atoms with van der Waals surface area (Å²) in [7, 11) is 0. The van der Waals surface area contributed by atoms with Gasteiger partial charge in [-0.1, -0.05) is 11.6 Å². The molecule has 1 N–H and O–H groups in total. The fourth-order valence-electron chi connectivity index (χ4n) is 3.22. The molecule has 0 bridgehead atoms. The first-order valence-corrected chi connectivity index (χ1v) is 8.72. The van der Waals surface area contributed by atoms with Gasteiger partial charge >= 0.3 is 12.5 Å². The number of nitrogens with one attached hydrogen (secondary N) is 1. The summed E-state index contributed by atoms with van der Waals surface area (Å²) in [5.41, 5.74) is -0.508. The number of halogens is 5. The van der Waals surface area contributed by atoms with Crippen molar-refractivity contribution in [3.05, 3.63) is 23.0 Å². The van der Waals surface area contributed by atoms with Gasteiger partial charge in [-0.25, -0.2) is 9.18 Å². The fourth-order valence-corrected chi connectivity index (χ4v) is 4.80. The van der Waals surface area contributed by atoms with Crippen molar-refractivity contribution in [2.45, 2.75) is 18.3 Å². The molecule has 2 aliphatic heterocycles. The number of carbonyl (C=O) groups is 1. The fraction of sp³-hybridized carbons (Fsp3) is 0.400. The van der Waals surface area contributed by atoms with Crippen LogP contribution >= 0.6 is 22.9 Å². The molecule has 26 heavy (non-hydrogen) atoms. The van der Waals surface area contributed by atoms with E-state index in [-0.39, 0.29) is 11.6 Å². The molecule has 11 heteroatoms. The number of benzene rings is 1. The van der Waals surface area contributed by atoms with Gasteiger partial charge in [-0.15, -0.1) is 24.5 Å². The largest absolute Gasteiger partial charge is 0.573 e. The van der Waals surface area contributed by atoms with Gasteiger partial charge in [-0.2, -0.15) is 0 Å². The monoisotopic (exact) mass is 410 g/mol. The number of hydrogen-bond donors (Lipinski definition) is 1. The summed E-state index contributed by atoms with van der Waals surface area (Å²) in [6, 6.07) is 1.93. The molecule has 140 valence electrons. The number of ether oxygens (including phenoxy) is 2. The van der Waals surface area contributed by atoms with Crippen LogP contribution in [-0.4, -0.2) is 37.7 Å². The number of nitrogens with zero attached hydrogens (tertiary/aromatic N) is 1. The molecule has 4 rings (SSSR count). The number of amides is 1. The van der Waals surface area contributed by atoms with Crippen LogP contribution in [0.4, 0.5) is 27.4 Å². The molecule has 2 aromatic rings. The number of cyclic esters (lactones) is 1. The molecule has 2 aliphatic rings. The quantitative estimate of drug-likeness (QED) is 0.751. The molecular weight excluding hydrogens is 400 g/mol. The molecule has 5 nitrogen and oxygen atoms in total. The van der Waals surface area contributed by atoms with Gasteiger partial charge in [-0.3, -0.25) is 0 Å². The summed E-state index contributed by atoms with van der Waals surface area (Å²) in [4.78, 5) is 13.2. The molecule has 0 radical (unpaired) electrons. The lowest BCUT2D eigenvalue weighted by molar-refractivity contribution is -0.275. The lowest BCUT2D eigenvalue weighted by atomic mass is 10.0. The molecule has 1 amide bonds. The normalized spacial score (nSPS) is 23.0. The Hall–Kier alpha value is -1.94. The molecule has 1 aromatic heterocycles. The first kappa shape index (κ1) is 17.5. The van der Waals surface area contributed by atoms with Gasteiger partial charge in [0.2, 0.25) is 0 Å². The minimum atomic E-state index is -4.99. The molecule has 1 spiro atoms. The topological polar surface area (TPSA) is 50.8 Å². The van der Waals surface area contributed by atoms with Crippen molar-refractivity contribution >= 4 is 44.1 Å². The van der Waals surface area contributed by atoms with E-state index in [1.807, 2.05) is 4.90 Å². The van der Waals surface area contributed by atoms with Gasteiger partial charge in [0, 0.05) is 29.2 Å². The average molecular weight is 411 g/mol. The van der Waals surface area contributed by atoms with Crippen LogP contribution in [-0.2, 0) is 4.74 Å². The van der Waals surface area contributed by atoms with Crippen LogP contribution in [0.5, 0.6) is 5.75 Å². The Morgan fingerprint density at radius 2 is 2.15 bits per heavy atom. The van der Waals surface area contributed by atoms with E-state index < -0.39 is 29.6 Å². The number of hydrogen-bond acceptors (Lipinski definition) is 5. The second-order valence-electron chi connectivity index (χ2n) is 6.20. The number of thiophene rings is 1. The lowest BCUT2D eigenvalue weighted by Crippen LogP contribution is -2.45. The van der Waals surface area contributed by atoms with Crippen LogP contribution in [0, 0.1) is 5.82 Å². The third-order valence-electron chi connectivity index (χ3n) is 4.38. The summed E-state index contributed by atoms with van der Waals surface area (Å²) < 4.78 is 60.2. The van der Waals surface area contributed by atoms with Gasteiger partial charge in [0.25, 0.3) is 0 Å². The summed E-state index contributed by atoms with van der Waals surface area (Å²) in [5.74, 6) is -2.04. The molecule has 3 heterocycles. The number of rotatable bonds is 2. The first-order valence-electron chi connectivity index (χ1n) is 7.53. The van der Waals surface area contributed by atoms with E-state index in [0.29, 0.717) is 34.6 Å². The third-order valence-corrected chi connectivity index (χ3v) is 6.09. The Labute approximate surface area is 153 Å². The Morgan fingerprint density at radius 3 is 2.81 bits per heavy atom. The van der Waals surface area contributed by atoms with Crippen molar-refractivity contribution in [2.24, 2.45) is 0 Å². The second kappa shape index (κ2) is 5.78. The lowest BCUT2D eigenvalue weighted by Gasteiger charge is -2.21.